The normalized spacial score (nSPS) is 15.3. The molecule has 5 aliphatic rings. The van der Waals surface area contributed by atoms with Gasteiger partial charge in [0.05, 0.1) is 42.6 Å². The fourth-order valence-corrected chi connectivity index (χ4v) is 7.73. The Balaban J connectivity index is 0.000000169. The van der Waals surface area contributed by atoms with Crippen LogP contribution in [-0.4, -0.2) is 124 Å². The summed E-state index contributed by atoms with van der Waals surface area (Å²) in [6.07, 6.45) is 0. The molecule has 32 heteroatoms. The van der Waals surface area contributed by atoms with Crippen molar-refractivity contribution in [2.24, 2.45) is 0 Å². The minimum atomic E-state index is -0.995. The van der Waals surface area contributed by atoms with Crippen molar-refractivity contribution in [1.82, 2.24) is 51.1 Å². The molecule has 0 aliphatic carbocycles. The highest BCUT2D eigenvalue weighted by molar-refractivity contribution is 9.10. The smallest absolute Gasteiger partial charge is 0.269 e. The van der Waals surface area contributed by atoms with Crippen LogP contribution in [0.3, 0.4) is 0 Å². The third-order valence-electron chi connectivity index (χ3n) is 11.7. The minimum Gasteiger partial charge on any atom is -0.269 e. The maximum atomic E-state index is 11.3. The van der Waals surface area contributed by atoms with Crippen molar-refractivity contribution in [3.05, 3.63) is 185 Å². The molecular weight excluding hydrogens is 1180 g/mol. The number of nitro groups is 2. The molecule has 5 aliphatic heterocycles. The van der Waals surface area contributed by atoms with E-state index in [9.17, 15) is 92.1 Å². The standard InChI is InChI=1S/2C11H10N2O3.C10H7BrN2O3.2C10H7N3O5/c1-7-3-2-4-8(5-7)6-13-10(15)9(14)12-11(13)16;1-7-4-2-3-5-8(7)6-13-10(15)9(14)12-11(13)16;11-7-3-1-6(2-4-7)5-13-9(15)8(14)12-10(13)16;14-8-9(15)12(10(16)11-8)5-6-1-3-7(4-2-6)13(17)18;14-8-9(15)12(10(16)11-8)5-6-2-1-3-7(4-6)13(17)18/h2*2-5H,6H2,1H3,(H,12,14,16);1-4H,5H2,(H,12,14,16);2*1-4H,5H2,(H,11,14,16). The van der Waals surface area contributed by atoms with Crippen molar-refractivity contribution >= 4 is 117 Å². The van der Waals surface area contributed by atoms with Crippen molar-refractivity contribution in [3.63, 3.8) is 0 Å². The van der Waals surface area contributed by atoms with E-state index >= 15 is 0 Å². The predicted molar refractivity (Wildman–Crippen MR) is 283 cm³/mol. The van der Waals surface area contributed by atoms with E-state index in [0.29, 0.717) is 16.0 Å². The molecule has 20 amide bonds. The fraction of sp³-hybridized carbons (Fsp3) is 0.135. The summed E-state index contributed by atoms with van der Waals surface area (Å²) in [6, 6.07) is 29.2. The quantitative estimate of drug-likeness (QED) is 0.0518. The van der Waals surface area contributed by atoms with Gasteiger partial charge in [-0.25, -0.2) is 24.0 Å². The van der Waals surface area contributed by atoms with Crippen LogP contribution in [0.5, 0.6) is 0 Å². The molecule has 0 aromatic heterocycles. The molecule has 5 aromatic carbocycles. The molecular formula is C52H41BrN12O19. The van der Waals surface area contributed by atoms with Gasteiger partial charge in [0, 0.05) is 28.7 Å². The average Bonchev–Trinajstić information content (AvgIpc) is 4.33. The summed E-state index contributed by atoms with van der Waals surface area (Å²) in [5.41, 5.74) is 5.12. The number of carbonyl (C=O) groups excluding carboxylic acids is 15. The number of rotatable bonds is 12. The van der Waals surface area contributed by atoms with E-state index in [1.807, 2.05) is 82.9 Å². The lowest BCUT2D eigenvalue weighted by Crippen LogP contribution is -2.30. The van der Waals surface area contributed by atoms with Gasteiger partial charge in [0.15, 0.2) is 0 Å². The van der Waals surface area contributed by atoms with E-state index in [1.165, 1.54) is 48.5 Å². The Morgan fingerprint density at radius 1 is 0.369 bits per heavy atom. The van der Waals surface area contributed by atoms with Gasteiger partial charge in [0.1, 0.15) is 0 Å². The Labute approximate surface area is 479 Å². The first-order chi connectivity index (χ1) is 39.7. The molecule has 5 aromatic rings. The zero-order valence-corrected chi connectivity index (χ0v) is 44.9. The van der Waals surface area contributed by atoms with Crippen LogP contribution in [0.25, 0.3) is 0 Å². The Morgan fingerprint density at radius 2 is 0.702 bits per heavy atom. The van der Waals surface area contributed by atoms with Crippen LogP contribution in [0.15, 0.2) is 126 Å². The summed E-state index contributed by atoms with van der Waals surface area (Å²) in [6.45, 7) is 3.87. The summed E-state index contributed by atoms with van der Waals surface area (Å²) >= 11 is 3.28. The van der Waals surface area contributed by atoms with Crippen LogP contribution < -0.4 is 26.6 Å². The number of non-ortho nitro benzene ring substituents is 2. The van der Waals surface area contributed by atoms with E-state index < -0.39 is 99.1 Å². The number of amides is 20. The number of nitro benzene ring substituents is 2. The topological polar surface area (TPSA) is 419 Å². The number of halogens is 1. The van der Waals surface area contributed by atoms with Gasteiger partial charge in [-0.05, 0) is 59.4 Å². The van der Waals surface area contributed by atoms with Gasteiger partial charge in [0.25, 0.3) is 11.4 Å². The van der Waals surface area contributed by atoms with Crippen LogP contribution in [0.2, 0.25) is 0 Å². The maximum Gasteiger partial charge on any atom is 0.331 e. The summed E-state index contributed by atoms with van der Waals surface area (Å²) in [5.74, 6) is -8.87. The highest BCUT2D eigenvalue weighted by atomic mass is 79.9. The lowest BCUT2D eigenvalue weighted by Gasteiger charge is -2.12. The van der Waals surface area contributed by atoms with Gasteiger partial charge in [-0.1, -0.05) is 106 Å². The van der Waals surface area contributed by atoms with Gasteiger partial charge >= 0.3 is 89.2 Å². The van der Waals surface area contributed by atoms with Crippen LogP contribution in [0, 0.1) is 34.1 Å². The molecule has 5 saturated heterocycles. The third kappa shape index (κ3) is 15.6. The molecule has 10 rings (SSSR count). The van der Waals surface area contributed by atoms with Gasteiger partial charge in [-0.2, -0.15) is 0 Å². The zero-order chi connectivity index (χ0) is 61.7. The molecule has 5 N–H and O–H groups in total. The van der Waals surface area contributed by atoms with Gasteiger partial charge < -0.3 is 0 Å². The molecule has 0 saturated carbocycles. The lowest BCUT2D eigenvalue weighted by molar-refractivity contribution is -0.385. The van der Waals surface area contributed by atoms with Crippen LogP contribution >= 0.6 is 15.9 Å². The first-order valence-electron chi connectivity index (χ1n) is 23.9. The second-order valence-electron chi connectivity index (χ2n) is 17.6. The number of benzene rings is 5. The molecule has 0 spiro atoms. The lowest BCUT2D eigenvalue weighted by atomic mass is 10.1. The van der Waals surface area contributed by atoms with E-state index in [-0.39, 0.29) is 44.1 Å². The Morgan fingerprint density at radius 3 is 1.05 bits per heavy atom. The van der Waals surface area contributed by atoms with Gasteiger partial charge in [-0.3, -0.25) is 119 Å². The number of nitrogens with zero attached hydrogens (tertiary/aromatic N) is 7. The summed E-state index contributed by atoms with van der Waals surface area (Å²) in [4.78, 5) is 191. The van der Waals surface area contributed by atoms with Crippen LogP contribution in [0.1, 0.15) is 38.9 Å². The maximum absolute atomic E-state index is 11.3. The van der Waals surface area contributed by atoms with E-state index in [2.05, 4.69) is 15.9 Å². The molecule has 5 fully saturated rings. The monoisotopic (exact) mass is 1220 g/mol. The van der Waals surface area contributed by atoms with Crippen molar-refractivity contribution in [1.29, 1.82) is 0 Å². The largest absolute Gasteiger partial charge is 0.331 e. The molecule has 0 atom stereocenters. The molecule has 0 unspecified atom stereocenters. The van der Waals surface area contributed by atoms with Crippen molar-refractivity contribution in [3.8, 4) is 0 Å². The highest BCUT2D eigenvalue weighted by Crippen LogP contribution is 2.19. The number of hydrogen-bond donors (Lipinski definition) is 5. The number of urea groups is 5. The Kier molecular flexibility index (Phi) is 19.9. The number of aryl methyl sites for hydroxylation is 2. The number of nitrogens with one attached hydrogen (secondary N) is 5. The fourth-order valence-electron chi connectivity index (χ4n) is 7.46. The molecule has 430 valence electrons. The number of carbonyl (C=O) groups is 15. The predicted octanol–water partition coefficient (Wildman–Crippen LogP) is 2.52. The Bertz CT molecular complexity index is 3650. The number of imide groups is 10. The van der Waals surface area contributed by atoms with Gasteiger partial charge in [0.2, 0.25) is 0 Å². The third-order valence-corrected chi connectivity index (χ3v) is 12.3. The molecule has 5 heterocycles. The van der Waals surface area contributed by atoms with E-state index in [4.69, 9.17) is 0 Å². The second kappa shape index (κ2) is 27.1. The van der Waals surface area contributed by atoms with Crippen molar-refractivity contribution in [2.45, 2.75) is 46.6 Å². The number of hydrogen-bond acceptors (Lipinski definition) is 19. The zero-order valence-electron chi connectivity index (χ0n) is 43.3. The molecule has 0 bridgehead atoms. The minimum absolute atomic E-state index is 0.0907. The summed E-state index contributed by atoms with van der Waals surface area (Å²) in [7, 11) is 0. The SMILES string of the molecule is Cc1cccc(CN2C(=O)NC(=O)C2=O)c1.Cc1ccccc1CN1C(=O)NC(=O)C1=O.O=C1NC(=O)N(Cc2ccc(Br)cc2)C1=O.O=C1NC(=O)N(Cc2ccc([N+](=O)[O-])cc2)C1=O.O=C1NC(=O)N(Cc2cccc([N+](=O)[O-])c2)C1=O. The average molecular weight is 1220 g/mol. The summed E-state index contributed by atoms with van der Waals surface area (Å²) < 4.78 is 0.907. The van der Waals surface area contributed by atoms with Crippen molar-refractivity contribution < 1.29 is 81.8 Å². The van der Waals surface area contributed by atoms with Crippen LogP contribution in [0.4, 0.5) is 35.3 Å². The second-order valence-corrected chi connectivity index (χ2v) is 18.6. The van der Waals surface area contributed by atoms with E-state index in [1.54, 1.807) is 30.3 Å². The first-order valence-corrected chi connectivity index (χ1v) is 24.7. The van der Waals surface area contributed by atoms with Gasteiger partial charge in [-0.15, -0.1) is 0 Å². The van der Waals surface area contributed by atoms with E-state index in [0.717, 1.165) is 51.9 Å². The van der Waals surface area contributed by atoms with Crippen LogP contribution in [-0.2, 0) is 80.7 Å². The van der Waals surface area contributed by atoms with Crippen molar-refractivity contribution in [2.75, 3.05) is 0 Å². The Hall–Kier alpha value is -11.6. The molecule has 84 heavy (non-hydrogen) atoms. The first kappa shape index (κ1) is 61.6. The molecule has 0 radical (unpaired) electrons. The summed E-state index contributed by atoms with van der Waals surface area (Å²) in [5, 5.41) is 30.5. The molecule has 31 nitrogen and oxygen atoms in total. The highest BCUT2D eigenvalue weighted by Gasteiger charge is 2.40.